The number of carbonyl (C=O) groups excluding carboxylic acids is 2. The van der Waals surface area contributed by atoms with Crippen molar-refractivity contribution in [2.45, 2.75) is 58.5 Å². The molecule has 1 aromatic carbocycles. The maximum atomic E-state index is 13.6. The van der Waals surface area contributed by atoms with Crippen molar-refractivity contribution in [2.75, 3.05) is 44.7 Å². The third-order valence-electron chi connectivity index (χ3n) is 9.24. The summed E-state index contributed by atoms with van der Waals surface area (Å²) in [5.74, 6) is 1.31. The maximum Gasteiger partial charge on any atom is 0.231 e. The van der Waals surface area contributed by atoms with Crippen LogP contribution in [0.4, 0.5) is 5.82 Å². The molecule has 2 atom stereocenters. The van der Waals surface area contributed by atoms with Crippen LogP contribution in [0.5, 0.6) is 0 Å². The minimum atomic E-state index is -1.28. The Morgan fingerprint density at radius 3 is 2.32 bits per heavy atom. The zero-order chi connectivity index (χ0) is 27.2. The van der Waals surface area contributed by atoms with E-state index in [-0.39, 0.29) is 23.7 Å². The monoisotopic (exact) mass is 519 g/mol. The highest BCUT2D eigenvalue weighted by atomic mass is 16.3. The van der Waals surface area contributed by atoms with Crippen LogP contribution in [0.3, 0.4) is 0 Å². The number of aliphatic hydroxyl groups is 1. The van der Waals surface area contributed by atoms with Gasteiger partial charge >= 0.3 is 0 Å². The topological polar surface area (TPSA) is 89.9 Å². The molecule has 0 saturated carbocycles. The number of hydrogen-bond acceptors (Lipinski definition) is 6. The molecule has 0 aliphatic carbocycles. The average Bonchev–Trinajstić information content (AvgIpc) is 3.28. The Balaban J connectivity index is 1.42. The van der Waals surface area contributed by atoms with Gasteiger partial charge in [0.2, 0.25) is 11.8 Å². The van der Waals surface area contributed by atoms with Crippen LogP contribution in [-0.2, 0) is 15.2 Å². The number of likely N-dealkylation sites (tertiary alicyclic amines) is 2. The highest BCUT2D eigenvalue weighted by Crippen LogP contribution is 2.50. The molecule has 8 nitrogen and oxygen atoms in total. The number of carbonyl (C=O) groups is 2. The van der Waals surface area contributed by atoms with Gasteiger partial charge < -0.3 is 14.9 Å². The van der Waals surface area contributed by atoms with Gasteiger partial charge in [-0.25, -0.2) is 0 Å². The van der Waals surface area contributed by atoms with Crippen molar-refractivity contribution in [2.24, 2.45) is 17.3 Å². The summed E-state index contributed by atoms with van der Waals surface area (Å²) < 4.78 is 0. The number of anilines is 1. The lowest BCUT2D eigenvalue weighted by Gasteiger charge is -2.55. The van der Waals surface area contributed by atoms with E-state index < -0.39 is 11.0 Å². The summed E-state index contributed by atoms with van der Waals surface area (Å²) in [7, 11) is 2.06. The summed E-state index contributed by atoms with van der Waals surface area (Å²) in [5.41, 5.74) is 1.04. The molecule has 0 spiro atoms. The Bertz CT molecular complexity index is 1180. The molecule has 3 fully saturated rings. The van der Waals surface area contributed by atoms with E-state index in [0.717, 1.165) is 37.9 Å². The van der Waals surface area contributed by atoms with Gasteiger partial charge in [0.1, 0.15) is 5.60 Å². The summed E-state index contributed by atoms with van der Waals surface area (Å²) in [6.07, 6.45) is 4.14. The average molecular weight is 520 g/mol. The molecule has 1 aromatic heterocycles. The molecule has 204 valence electrons. The highest BCUT2D eigenvalue weighted by Gasteiger charge is 2.55. The molecule has 0 bridgehead atoms. The predicted molar refractivity (Wildman–Crippen MR) is 147 cm³/mol. The van der Waals surface area contributed by atoms with E-state index in [1.54, 1.807) is 18.0 Å². The SMILES string of the molecule is CC(=O)N1CCC(C2CCN(c3cc([C@@](O)(c4ccc(C(C)C)cc4)C4(C)CN(C)C4)cnn3)C2=O)CC1. The van der Waals surface area contributed by atoms with E-state index in [9.17, 15) is 14.7 Å². The molecule has 3 saturated heterocycles. The number of amides is 2. The molecule has 2 aromatic rings. The molecule has 8 heteroatoms. The molecule has 3 aliphatic heterocycles. The third kappa shape index (κ3) is 4.51. The first-order chi connectivity index (χ1) is 18.0. The zero-order valence-electron chi connectivity index (χ0n) is 23.4. The molecule has 2 amide bonds. The first kappa shape index (κ1) is 26.8. The van der Waals surface area contributed by atoms with Crippen LogP contribution in [0, 0.1) is 17.3 Å². The minimum Gasteiger partial charge on any atom is -0.380 e. The van der Waals surface area contributed by atoms with Gasteiger partial charge in [-0.2, -0.15) is 5.10 Å². The van der Waals surface area contributed by atoms with E-state index >= 15 is 0 Å². The number of aromatic nitrogens is 2. The zero-order valence-corrected chi connectivity index (χ0v) is 23.4. The Labute approximate surface area is 226 Å². The summed E-state index contributed by atoms with van der Waals surface area (Å²) in [6, 6.07) is 10.1. The van der Waals surface area contributed by atoms with Crippen LogP contribution in [0.2, 0.25) is 0 Å². The Morgan fingerprint density at radius 2 is 1.74 bits per heavy atom. The fourth-order valence-corrected chi connectivity index (χ4v) is 7.02. The van der Waals surface area contributed by atoms with Gasteiger partial charge in [-0.1, -0.05) is 45.0 Å². The van der Waals surface area contributed by atoms with Crippen molar-refractivity contribution in [1.82, 2.24) is 20.0 Å². The summed E-state index contributed by atoms with van der Waals surface area (Å²) in [4.78, 5) is 31.1. The van der Waals surface area contributed by atoms with Crippen LogP contribution >= 0.6 is 0 Å². The predicted octanol–water partition coefficient (Wildman–Crippen LogP) is 3.40. The number of nitrogens with zero attached hydrogens (tertiary/aromatic N) is 5. The summed E-state index contributed by atoms with van der Waals surface area (Å²) >= 11 is 0. The van der Waals surface area contributed by atoms with E-state index in [4.69, 9.17) is 0 Å². The van der Waals surface area contributed by atoms with Crippen molar-refractivity contribution in [1.29, 1.82) is 0 Å². The molecule has 1 N–H and O–H groups in total. The number of piperidine rings is 1. The van der Waals surface area contributed by atoms with Crippen LogP contribution in [0.25, 0.3) is 0 Å². The molecule has 3 aliphatic rings. The quantitative estimate of drug-likeness (QED) is 0.629. The van der Waals surface area contributed by atoms with Crippen LogP contribution in [0.15, 0.2) is 36.5 Å². The van der Waals surface area contributed by atoms with E-state index in [2.05, 4.69) is 55.0 Å². The normalized spacial score (nSPS) is 24.0. The van der Waals surface area contributed by atoms with Crippen LogP contribution in [-0.4, -0.2) is 76.7 Å². The lowest BCUT2D eigenvalue weighted by atomic mass is 9.62. The molecular formula is C30H41N5O3. The van der Waals surface area contributed by atoms with E-state index in [0.29, 0.717) is 36.9 Å². The Kier molecular flexibility index (Phi) is 7.07. The van der Waals surface area contributed by atoms with Gasteiger partial charge in [0, 0.05) is 56.5 Å². The van der Waals surface area contributed by atoms with Crippen LogP contribution in [0.1, 0.15) is 69.6 Å². The van der Waals surface area contributed by atoms with E-state index in [1.807, 2.05) is 23.1 Å². The summed E-state index contributed by atoms with van der Waals surface area (Å²) in [6.45, 7) is 11.6. The van der Waals surface area contributed by atoms with Crippen molar-refractivity contribution >= 4 is 17.6 Å². The van der Waals surface area contributed by atoms with Gasteiger partial charge in [-0.05, 0) is 55.3 Å². The van der Waals surface area contributed by atoms with Crippen molar-refractivity contribution in [3.63, 3.8) is 0 Å². The van der Waals surface area contributed by atoms with E-state index in [1.165, 1.54) is 5.56 Å². The van der Waals surface area contributed by atoms with Gasteiger partial charge in [0.05, 0.1) is 6.20 Å². The smallest absolute Gasteiger partial charge is 0.231 e. The molecule has 1 unspecified atom stereocenters. The number of rotatable bonds is 6. The minimum absolute atomic E-state index is 0.0603. The Morgan fingerprint density at radius 1 is 1.08 bits per heavy atom. The van der Waals surface area contributed by atoms with Crippen molar-refractivity contribution in [3.8, 4) is 0 Å². The lowest BCUT2D eigenvalue weighted by Crippen LogP contribution is -2.63. The van der Waals surface area contributed by atoms with Crippen molar-refractivity contribution < 1.29 is 14.7 Å². The fourth-order valence-electron chi connectivity index (χ4n) is 7.02. The molecule has 38 heavy (non-hydrogen) atoms. The molecule has 5 rings (SSSR count). The van der Waals surface area contributed by atoms with Gasteiger partial charge in [-0.15, -0.1) is 5.10 Å². The van der Waals surface area contributed by atoms with Gasteiger partial charge in [0.15, 0.2) is 5.82 Å². The first-order valence-electron chi connectivity index (χ1n) is 13.9. The number of benzene rings is 1. The second-order valence-corrected chi connectivity index (χ2v) is 12.3. The Hall–Kier alpha value is -2.84. The maximum absolute atomic E-state index is 13.6. The highest BCUT2D eigenvalue weighted by molar-refractivity contribution is 5.96. The molecule has 4 heterocycles. The fraction of sp³-hybridized carbons (Fsp3) is 0.600. The van der Waals surface area contributed by atoms with Crippen LogP contribution < -0.4 is 4.90 Å². The van der Waals surface area contributed by atoms with Crippen molar-refractivity contribution in [3.05, 3.63) is 53.2 Å². The molecular weight excluding hydrogens is 478 g/mol. The van der Waals surface area contributed by atoms with Gasteiger partial charge in [-0.3, -0.25) is 14.5 Å². The second-order valence-electron chi connectivity index (χ2n) is 12.3. The first-order valence-corrected chi connectivity index (χ1v) is 13.9. The van der Waals surface area contributed by atoms with Gasteiger partial charge in [0.25, 0.3) is 0 Å². The summed E-state index contributed by atoms with van der Waals surface area (Å²) in [5, 5.41) is 21.2. The lowest BCUT2D eigenvalue weighted by molar-refractivity contribution is -0.130. The molecule has 0 radical (unpaired) electrons. The number of hydrogen-bond donors (Lipinski definition) is 1. The largest absolute Gasteiger partial charge is 0.380 e. The third-order valence-corrected chi connectivity index (χ3v) is 9.24. The second kappa shape index (κ2) is 10.0. The standard InChI is InChI=1S/C30H41N5O3/c1-20(2)22-6-8-24(9-7-22)30(38,29(4)18-33(5)19-29)25-16-27(32-31-17-25)35-15-12-26(28(35)37)23-10-13-34(14-11-23)21(3)36/h6-9,16-17,20,23,26,38H,10-15,18-19H2,1-5H3/t26?,30-/m0/s1.